The van der Waals surface area contributed by atoms with Crippen molar-refractivity contribution in [2.24, 2.45) is 0 Å². The molecular weight excluding hydrogens is 318 g/mol. The van der Waals surface area contributed by atoms with Crippen molar-refractivity contribution in [2.75, 3.05) is 5.32 Å². The number of nitrogens with one attached hydrogen (secondary N) is 1. The highest BCUT2D eigenvalue weighted by Crippen LogP contribution is 2.30. The van der Waals surface area contributed by atoms with E-state index < -0.39 is 18.0 Å². The van der Waals surface area contributed by atoms with Crippen molar-refractivity contribution in [1.82, 2.24) is 9.97 Å². The van der Waals surface area contributed by atoms with Gasteiger partial charge in [0.2, 0.25) is 5.28 Å². The molecule has 0 spiro atoms. The van der Waals surface area contributed by atoms with E-state index in [1.54, 1.807) is 0 Å². The van der Waals surface area contributed by atoms with Crippen LogP contribution in [0.1, 0.15) is 17.7 Å². The van der Waals surface area contributed by atoms with E-state index in [2.05, 4.69) is 15.3 Å². The fraction of sp³-hybridized carbons (Fsp3) is 0.333. The van der Waals surface area contributed by atoms with Crippen LogP contribution in [0.2, 0.25) is 5.28 Å². The standard InChI is InChI=1S/C12H12ClN3O4S/c1-5-4-6-9(15-12(13)16-10(6)21-5)14-7(11(19)20)2-3-8(17)18/h4,7H,2-3H2,1H3,(H,17,18)(H,19,20)(H,14,15,16). The van der Waals surface area contributed by atoms with Crippen LogP contribution in [-0.2, 0) is 9.59 Å². The third-order valence-electron chi connectivity index (χ3n) is 2.74. The van der Waals surface area contributed by atoms with Crippen LogP contribution in [0.15, 0.2) is 6.07 Å². The van der Waals surface area contributed by atoms with Gasteiger partial charge in [-0.05, 0) is 31.0 Å². The molecule has 7 nitrogen and oxygen atoms in total. The van der Waals surface area contributed by atoms with Crippen LogP contribution in [-0.4, -0.2) is 38.2 Å². The van der Waals surface area contributed by atoms with Gasteiger partial charge in [-0.2, -0.15) is 0 Å². The molecule has 0 saturated carbocycles. The van der Waals surface area contributed by atoms with Crippen LogP contribution in [0, 0.1) is 6.92 Å². The molecule has 0 amide bonds. The Kier molecular flexibility index (Phi) is 4.59. The number of carboxylic acids is 2. The minimum atomic E-state index is -1.15. The number of nitrogens with zero attached hydrogens (tertiary/aromatic N) is 2. The quantitative estimate of drug-likeness (QED) is 0.697. The molecule has 2 heterocycles. The predicted molar refractivity (Wildman–Crippen MR) is 79.1 cm³/mol. The second-order valence-electron chi connectivity index (χ2n) is 4.38. The first-order valence-corrected chi connectivity index (χ1v) is 7.21. The number of fused-ring (bicyclic) bond motifs is 1. The molecule has 0 aliphatic heterocycles. The largest absolute Gasteiger partial charge is 0.481 e. The minimum absolute atomic E-state index is 0.00854. The van der Waals surface area contributed by atoms with E-state index in [1.807, 2.05) is 13.0 Å². The first-order valence-electron chi connectivity index (χ1n) is 6.01. The number of thiophene rings is 1. The highest BCUT2D eigenvalue weighted by atomic mass is 35.5. The van der Waals surface area contributed by atoms with Crippen molar-refractivity contribution >= 4 is 50.9 Å². The summed E-state index contributed by atoms with van der Waals surface area (Å²) in [5.74, 6) is -1.90. The lowest BCUT2D eigenvalue weighted by Crippen LogP contribution is -2.30. The van der Waals surface area contributed by atoms with E-state index in [-0.39, 0.29) is 18.1 Å². The number of aromatic nitrogens is 2. The summed E-state index contributed by atoms with van der Waals surface area (Å²) in [6, 6.07) is 0.768. The molecule has 0 aromatic carbocycles. The van der Waals surface area contributed by atoms with E-state index in [0.717, 1.165) is 4.88 Å². The normalized spacial score (nSPS) is 12.3. The number of aliphatic carboxylic acids is 2. The zero-order valence-corrected chi connectivity index (χ0v) is 12.5. The van der Waals surface area contributed by atoms with Crippen molar-refractivity contribution in [3.05, 3.63) is 16.2 Å². The van der Waals surface area contributed by atoms with Gasteiger partial charge in [0, 0.05) is 11.3 Å². The Hall–Kier alpha value is -1.93. The Labute approximate surface area is 128 Å². The molecule has 0 radical (unpaired) electrons. The second kappa shape index (κ2) is 6.23. The molecule has 2 aromatic heterocycles. The molecule has 1 atom stereocenters. The first-order chi connectivity index (χ1) is 9.86. The van der Waals surface area contributed by atoms with Crippen LogP contribution >= 0.6 is 22.9 Å². The fourth-order valence-electron chi connectivity index (χ4n) is 1.82. The molecule has 0 saturated heterocycles. The summed E-state index contributed by atoms with van der Waals surface area (Å²) in [7, 11) is 0. The number of carbonyl (C=O) groups is 2. The number of anilines is 1. The molecule has 0 aliphatic carbocycles. The summed E-state index contributed by atoms with van der Waals surface area (Å²) in [4.78, 5) is 31.5. The van der Waals surface area contributed by atoms with Gasteiger partial charge in [0.25, 0.3) is 0 Å². The Morgan fingerprint density at radius 3 is 2.76 bits per heavy atom. The minimum Gasteiger partial charge on any atom is -0.481 e. The van der Waals surface area contributed by atoms with Gasteiger partial charge in [0.05, 0.1) is 5.39 Å². The summed E-state index contributed by atoms with van der Waals surface area (Å²) in [5.41, 5.74) is 0. The molecule has 9 heteroatoms. The maximum atomic E-state index is 11.2. The maximum Gasteiger partial charge on any atom is 0.326 e. The average Bonchev–Trinajstić information content (AvgIpc) is 2.73. The number of hydrogen-bond acceptors (Lipinski definition) is 6. The third-order valence-corrected chi connectivity index (χ3v) is 3.86. The number of hydrogen-bond donors (Lipinski definition) is 3. The summed E-state index contributed by atoms with van der Waals surface area (Å²) in [5, 5.41) is 21.2. The van der Waals surface area contributed by atoms with E-state index >= 15 is 0 Å². The Balaban J connectivity index is 2.31. The van der Waals surface area contributed by atoms with Gasteiger partial charge in [-0.15, -0.1) is 11.3 Å². The van der Waals surface area contributed by atoms with Gasteiger partial charge in [-0.25, -0.2) is 14.8 Å². The first kappa shape index (κ1) is 15.5. The number of halogens is 1. The molecule has 112 valence electrons. The van der Waals surface area contributed by atoms with Crippen LogP contribution in [0.25, 0.3) is 10.2 Å². The Morgan fingerprint density at radius 2 is 2.14 bits per heavy atom. The van der Waals surface area contributed by atoms with Crippen LogP contribution < -0.4 is 5.32 Å². The van der Waals surface area contributed by atoms with Gasteiger partial charge in [0.15, 0.2) is 0 Å². The molecule has 0 fully saturated rings. The van der Waals surface area contributed by atoms with Gasteiger partial charge < -0.3 is 15.5 Å². The van der Waals surface area contributed by atoms with Gasteiger partial charge >= 0.3 is 11.9 Å². The van der Waals surface area contributed by atoms with Crippen molar-refractivity contribution in [2.45, 2.75) is 25.8 Å². The van der Waals surface area contributed by atoms with E-state index in [9.17, 15) is 9.59 Å². The number of carboxylic acid groups (broad SMARTS) is 2. The average molecular weight is 330 g/mol. The van der Waals surface area contributed by atoms with E-state index in [4.69, 9.17) is 21.8 Å². The van der Waals surface area contributed by atoms with Crippen LogP contribution in [0.4, 0.5) is 5.82 Å². The molecule has 0 aliphatic rings. The maximum absolute atomic E-state index is 11.2. The van der Waals surface area contributed by atoms with Gasteiger partial charge in [-0.3, -0.25) is 4.79 Å². The zero-order valence-electron chi connectivity index (χ0n) is 11.0. The summed E-state index contributed by atoms with van der Waals surface area (Å²) in [6.45, 7) is 1.89. The Bertz CT molecular complexity index is 703. The van der Waals surface area contributed by atoms with Crippen molar-refractivity contribution < 1.29 is 19.8 Å². The smallest absolute Gasteiger partial charge is 0.326 e. The molecule has 3 N–H and O–H groups in total. The zero-order chi connectivity index (χ0) is 15.6. The number of aryl methyl sites for hydroxylation is 1. The van der Waals surface area contributed by atoms with Crippen LogP contribution in [0.5, 0.6) is 0 Å². The fourth-order valence-corrected chi connectivity index (χ4v) is 2.91. The molecule has 2 rings (SSSR count). The van der Waals surface area contributed by atoms with Gasteiger partial charge in [-0.1, -0.05) is 0 Å². The van der Waals surface area contributed by atoms with Crippen molar-refractivity contribution in [3.8, 4) is 0 Å². The molecule has 0 bridgehead atoms. The summed E-state index contributed by atoms with van der Waals surface area (Å²) >= 11 is 7.24. The highest BCUT2D eigenvalue weighted by molar-refractivity contribution is 7.18. The Morgan fingerprint density at radius 1 is 1.43 bits per heavy atom. The summed E-state index contributed by atoms with van der Waals surface area (Å²) in [6.07, 6.45) is -0.314. The molecule has 21 heavy (non-hydrogen) atoms. The van der Waals surface area contributed by atoms with E-state index in [0.29, 0.717) is 16.0 Å². The van der Waals surface area contributed by atoms with Crippen LogP contribution in [0.3, 0.4) is 0 Å². The molecular formula is C12H12ClN3O4S. The lowest BCUT2D eigenvalue weighted by atomic mass is 10.1. The van der Waals surface area contributed by atoms with Crippen molar-refractivity contribution in [3.63, 3.8) is 0 Å². The van der Waals surface area contributed by atoms with Crippen molar-refractivity contribution in [1.29, 1.82) is 0 Å². The third kappa shape index (κ3) is 3.79. The van der Waals surface area contributed by atoms with Gasteiger partial charge in [0.1, 0.15) is 16.7 Å². The summed E-state index contributed by atoms with van der Waals surface area (Å²) < 4.78 is 0. The monoisotopic (exact) mass is 329 g/mol. The van der Waals surface area contributed by atoms with E-state index in [1.165, 1.54) is 11.3 Å². The topological polar surface area (TPSA) is 112 Å². The second-order valence-corrected chi connectivity index (χ2v) is 5.96. The molecule has 1 unspecified atom stereocenters. The lowest BCUT2D eigenvalue weighted by Gasteiger charge is -2.14. The molecule has 2 aromatic rings. The lowest BCUT2D eigenvalue weighted by molar-refractivity contribution is -0.139. The highest BCUT2D eigenvalue weighted by Gasteiger charge is 2.21. The SMILES string of the molecule is Cc1cc2c(NC(CCC(=O)O)C(=O)O)nc(Cl)nc2s1. The number of rotatable bonds is 6. The predicted octanol–water partition coefficient (Wildman–Crippen LogP) is 2.38.